The molecular formula is C23H30N6O7. The van der Waals surface area contributed by atoms with E-state index in [4.69, 9.17) is 10.8 Å². The largest absolute Gasteiger partial charge is 0.392 e. The Kier molecular flexibility index (Phi) is 10.1. The molecule has 1 aromatic rings. The van der Waals surface area contributed by atoms with Crippen molar-refractivity contribution in [3.05, 3.63) is 42.0 Å². The van der Waals surface area contributed by atoms with E-state index < -0.39 is 60.1 Å². The second-order valence-corrected chi connectivity index (χ2v) is 8.37. The third-order valence-corrected chi connectivity index (χ3v) is 5.24. The van der Waals surface area contributed by atoms with Crippen molar-refractivity contribution >= 4 is 41.3 Å². The Morgan fingerprint density at radius 3 is 2.11 bits per heavy atom. The van der Waals surface area contributed by atoms with Gasteiger partial charge in [0.1, 0.15) is 18.6 Å². The Bertz CT molecular complexity index is 1020. The Morgan fingerprint density at radius 1 is 0.972 bits per heavy atom. The number of nitrogens with two attached hydrogens (primary N) is 1. The number of carbonyl (C=O) groups excluding carboxylic acids is 6. The van der Waals surface area contributed by atoms with Crippen LogP contribution in [0.5, 0.6) is 0 Å². The van der Waals surface area contributed by atoms with Gasteiger partial charge in [0.15, 0.2) is 0 Å². The summed E-state index contributed by atoms with van der Waals surface area (Å²) >= 11 is 0. The summed E-state index contributed by atoms with van der Waals surface area (Å²) in [6, 6.07) is 3.41. The van der Waals surface area contributed by atoms with Crippen molar-refractivity contribution in [2.75, 3.05) is 18.4 Å². The summed E-state index contributed by atoms with van der Waals surface area (Å²) in [7, 11) is 0. The zero-order valence-corrected chi connectivity index (χ0v) is 19.9. The number of urea groups is 1. The summed E-state index contributed by atoms with van der Waals surface area (Å²) < 4.78 is 0. The van der Waals surface area contributed by atoms with Crippen LogP contribution in [0.2, 0.25) is 0 Å². The Morgan fingerprint density at radius 2 is 1.58 bits per heavy atom. The number of aliphatic hydroxyl groups excluding tert-OH is 1. The van der Waals surface area contributed by atoms with Crippen molar-refractivity contribution < 1.29 is 33.9 Å². The van der Waals surface area contributed by atoms with Crippen LogP contribution in [0.25, 0.3) is 0 Å². The van der Waals surface area contributed by atoms with Gasteiger partial charge >= 0.3 is 6.03 Å². The lowest BCUT2D eigenvalue weighted by molar-refractivity contribution is -0.141. The van der Waals surface area contributed by atoms with Crippen LogP contribution in [0.15, 0.2) is 36.4 Å². The third kappa shape index (κ3) is 8.20. The minimum Gasteiger partial charge on any atom is -0.392 e. The molecule has 194 valence electrons. The van der Waals surface area contributed by atoms with Gasteiger partial charge in [-0.3, -0.25) is 28.9 Å². The van der Waals surface area contributed by atoms with Crippen LogP contribution in [0.3, 0.4) is 0 Å². The van der Waals surface area contributed by atoms with Crippen LogP contribution in [-0.4, -0.2) is 70.7 Å². The molecule has 7 amide bonds. The van der Waals surface area contributed by atoms with Crippen molar-refractivity contribution in [1.82, 2.24) is 20.9 Å². The summed E-state index contributed by atoms with van der Waals surface area (Å²) in [6.45, 7) is 2.61. The number of primary amides is 1. The molecule has 36 heavy (non-hydrogen) atoms. The highest BCUT2D eigenvalue weighted by Crippen LogP contribution is 2.11. The SMILES string of the molecule is CC(C)[C@H](NC(=O)CN1C(=O)C=CC1=O)C(=O)N[C@@H](CCNC(N)=O)C(=O)Nc1ccc(CO)cc1. The number of nitrogens with one attached hydrogen (secondary N) is 4. The van der Waals surface area contributed by atoms with E-state index >= 15 is 0 Å². The van der Waals surface area contributed by atoms with E-state index in [2.05, 4.69) is 21.3 Å². The summed E-state index contributed by atoms with van der Waals surface area (Å²) in [4.78, 5) is 73.5. The maximum atomic E-state index is 13.0. The smallest absolute Gasteiger partial charge is 0.312 e. The predicted octanol–water partition coefficient (Wildman–Crippen LogP) is -1.27. The molecule has 0 aromatic heterocycles. The van der Waals surface area contributed by atoms with Crippen LogP contribution in [0.1, 0.15) is 25.8 Å². The van der Waals surface area contributed by atoms with E-state index in [0.29, 0.717) is 11.3 Å². The van der Waals surface area contributed by atoms with E-state index in [9.17, 15) is 28.8 Å². The highest BCUT2D eigenvalue weighted by atomic mass is 16.3. The molecule has 0 bridgehead atoms. The first-order valence-corrected chi connectivity index (χ1v) is 11.2. The summed E-state index contributed by atoms with van der Waals surface area (Å²) in [5.74, 6) is -3.66. The Labute approximate surface area is 207 Å². The zero-order valence-electron chi connectivity index (χ0n) is 19.9. The van der Waals surface area contributed by atoms with Gasteiger partial charge in [0.2, 0.25) is 17.7 Å². The lowest BCUT2D eigenvalue weighted by atomic mass is 10.0. The molecule has 0 saturated heterocycles. The first-order valence-electron chi connectivity index (χ1n) is 11.2. The first kappa shape index (κ1) is 28.0. The van der Waals surface area contributed by atoms with Crippen molar-refractivity contribution in [1.29, 1.82) is 0 Å². The van der Waals surface area contributed by atoms with Crippen molar-refractivity contribution in [2.45, 2.75) is 39.0 Å². The van der Waals surface area contributed by atoms with Gasteiger partial charge in [-0.05, 0) is 30.0 Å². The molecular weight excluding hydrogens is 472 g/mol. The fourth-order valence-electron chi connectivity index (χ4n) is 3.28. The van der Waals surface area contributed by atoms with Gasteiger partial charge in [0.05, 0.1) is 6.61 Å². The van der Waals surface area contributed by atoms with Crippen LogP contribution >= 0.6 is 0 Å². The molecule has 1 aromatic carbocycles. The number of aliphatic hydroxyl groups is 1. The molecule has 13 heteroatoms. The highest BCUT2D eigenvalue weighted by molar-refractivity contribution is 6.14. The van der Waals surface area contributed by atoms with E-state index in [0.717, 1.165) is 17.1 Å². The fraction of sp³-hybridized carbons (Fsp3) is 0.391. The molecule has 7 N–H and O–H groups in total. The number of benzene rings is 1. The van der Waals surface area contributed by atoms with E-state index in [1.54, 1.807) is 38.1 Å². The lowest BCUT2D eigenvalue weighted by Gasteiger charge is -2.26. The van der Waals surface area contributed by atoms with E-state index in [1.807, 2.05) is 0 Å². The standard InChI is InChI=1S/C23H30N6O7/c1-13(2)20(28-17(31)11-29-18(32)7-8-19(29)33)22(35)27-16(9-10-25-23(24)36)21(34)26-15-5-3-14(12-30)4-6-15/h3-8,13,16,20,30H,9-12H2,1-2H3,(H,26,34)(H,27,35)(H,28,31)(H3,24,25,36)/t16-,20-/m0/s1. The van der Waals surface area contributed by atoms with Gasteiger partial charge in [0.25, 0.3) is 11.8 Å². The first-order chi connectivity index (χ1) is 17.0. The number of amides is 7. The average molecular weight is 503 g/mol. The number of imide groups is 1. The molecule has 0 spiro atoms. The summed E-state index contributed by atoms with van der Waals surface area (Å²) in [6.07, 6.45) is 2.09. The molecule has 1 aliphatic heterocycles. The van der Waals surface area contributed by atoms with Gasteiger partial charge < -0.3 is 32.1 Å². The number of carbonyl (C=O) groups is 6. The summed E-state index contributed by atoms with van der Waals surface area (Å²) in [5, 5.41) is 19.2. The predicted molar refractivity (Wildman–Crippen MR) is 128 cm³/mol. The van der Waals surface area contributed by atoms with Gasteiger partial charge in [0, 0.05) is 24.4 Å². The van der Waals surface area contributed by atoms with Crippen molar-refractivity contribution in [3.63, 3.8) is 0 Å². The Balaban J connectivity index is 2.08. The zero-order chi connectivity index (χ0) is 26.8. The third-order valence-electron chi connectivity index (χ3n) is 5.24. The van der Waals surface area contributed by atoms with Crippen molar-refractivity contribution in [2.24, 2.45) is 11.7 Å². The molecule has 2 rings (SSSR count). The second-order valence-electron chi connectivity index (χ2n) is 8.37. The molecule has 0 saturated carbocycles. The molecule has 13 nitrogen and oxygen atoms in total. The van der Waals surface area contributed by atoms with E-state index in [-0.39, 0.29) is 19.6 Å². The number of nitrogens with zero attached hydrogens (tertiary/aromatic N) is 1. The minimum atomic E-state index is -1.11. The number of anilines is 1. The van der Waals surface area contributed by atoms with Gasteiger partial charge in [-0.2, -0.15) is 0 Å². The quantitative estimate of drug-likeness (QED) is 0.191. The number of hydrogen-bond acceptors (Lipinski definition) is 7. The van der Waals surface area contributed by atoms with Gasteiger partial charge in [-0.25, -0.2) is 4.79 Å². The molecule has 0 radical (unpaired) electrons. The Hall–Kier alpha value is -4.26. The molecule has 0 fully saturated rings. The topological polar surface area (TPSA) is 200 Å². The van der Waals surface area contributed by atoms with Crippen LogP contribution < -0.4 is 27.0 Å². The lowest BCUT2D eigenvalue weighted by Crippen LogP contribution is -2.56. The monoisotopic (exact) mass is 502 g/mol. The van der Waals surface area contributed by atoms with Gasteiger partial charge in [-0.1, -0.05) is 26.0 Å². The maximum Gasteiger partial charge on any atom is 0.312 e. The molecule has 1 aliphatic rings. The van der Waals surface area contributed by atoms with E-state index in [1.165, 1.54) is 0 Å². The maximum absolute atomic E-state index is 13.0. The van der Waals surface area contributed by atoms with Crippen molar-refractivity contribution in [3.8, 4) is 0 Å². The average Bonchev–Trinajstić information content (AvgIpc) is 3.13. The highest BCUT2D eigenvalue weighted by Gasteiger charge is 2.31. The van der Waals surface area contributed by atoms with Crippen LogP contribution in [0.4, 0.5) is 10.5 Å². The van der Waals surface area contributed by atoms with Crippen LogP contribution in [0, 0.1) is 5.92 Å². The molecule has 1 heterocycles. The normalized spacial score (nSPS) is 14.4. The number of rotatable bonds is 12. The molecule has 2 atom stereocenters. The summed E-state index contributed by atoms with van der Waals surface area (Å²) in [5.41, 5.74) is 6.14. The minimum absolute atomic E-state index is 0.00352. The fourth-order valence-corrected chi connectivity index (χ4v) is 3.28. The molecule has 0 aliphatic carbocycles. The van der Waals surface area contributed by atoms with Gasteiger partial charge in [-0.15, -0.1) is 0 Å². The molecule has 0 unspecified atom stereocenters. The number of hydrogen-bond donors (Lipinski definition) is 6. The second kappa shape index (κ2) is 13.0. The van der Waals surface area contributed by atoms with Crippen LogP contribution in [-0.2, 0) is 30.6 Å².